The molecule has 0 saturated heterocycles. The standard InChI is InChI=1S/C23H33N7O6S/c1-35-18-9-6-10-19(20(18)36-2)37(33,34)30-15(13-28-23(26)27)12-16(24)22(32)29-17(21(25)31)11-14-7-4-3-5-8-14/h3-10,15-17,30H,11-13,24H2,1-2H3,(H2,25,31)(H,29,32)(H4,26,27,28)/t15?,16-,17-/m0/s1. The smallest absolute Gasteiger partial charge is 0.244 e. The average molecular weight is 536 g/mol. The van der Waals surface area contributed by atoms with Crippen LogP contribution < -0.4 is 42.0 Å². The summed E-state index contributed by atoms with van der Waals surface area (Å²) < 4.78 is 39.2. The summed E-state index contributed by atoms with van der Waals surface area (Å²) in [6.07, 6.45) is -0.0410. The van der Waals surface area contributed by atoms with Gasteiger partial charge >= 0.3 is 0 Å². The van der Waals surface area contributed by atoms with E-state index in [0.717, 1.165) is 5.56 Å². The molecule has 0 spiro atoms. The number of ether oxygens (including phenoxy) is 2. The van der Waals surface area contributed by atoms with Gasteiger partial charge in [-0.3, -0.25) is 15.0 Å². The van der Waals surface area contributed by atoms with Crippen molar-refractivity contribution in [2.24, 2.45) is 17.2 Å². The minimum atomic E-state index is -4.20. The number of methoxy groups -OCH3 is 2. The number of rotatable bonds is 14. The molecular weight excluding hydrogens is 502 g/mol. The predicted molar refractivity (Wildman–Crippen MR) is 137 cm³/mol. The first-order valence-corrected chi connectivity index (χ1v) is 12.7. The van der Waals surface area contributed by atoms with Gasteiger partial charge in [-0.2, -0.15) is 0 Å². The Hall–Kier alpha value is -3.88. The molecule has 2 amide bonds. The van der Waals surface area contributed by atoms with Crippen molar-refractivity contribution in [3.05, 3.63) is 54.1 Å². The van der Waals surface area contributed by atoms with Crippen molar-refractivity contribution in [1.82, 2.24) is 15.4 Å². The largest absolute Gasteiger partial charge is 0.493 e. The highest BCUT2D eigenvalue weighted by atomic mass is 32.2. The van der Waals surface area contributed by atoms with Crippen molar-refractivity contribution in [1.29, 1.82) is 5.41 Å². The molecule has 13 nitrogen and oxygen atoms in total. The van der Waals surface area contributed by atoms with Crippen LogP contribution in [0.1, 0.15) is 12.0 Å². The number of sulfonamides is 1. The summed E-state index contributed by atoms with van der Waals surface area (Å²) in [6.45, 7) is -0.148. The molecule has 1 unspecified atom stereocenters. The zero-order chi connectivity index (χ0) is 27.6. The Kier molecular flexibility index (Phi) is 10.7. The van der Waals surface area contributed by atoms with Crippen LogP contribution in [0.4, 0.5) is 0 Å². The second kappa shape index (κ2) is 13.4. The molecule has 37 heavy (non-hydrogen) atoms. The van der Waals surface area contributed by atoms with Crippen LogP contribution in [0.15, 0.2) is 53.4 Å². The Balaban J connectivity index is 2.19. The van der Waals surface area contributed by atoms with Gasteiger partial charge in [0, 0.05) is 19.0 Å². The summed E-state index contributed by atoms with van der Waals surface area (Å²) in [5.41, 5.74) is 17.7. The minimum absolute atomic E-state index is 0.0111. The Morgan fingerprint density at radius 2 is 1.70 bits per heavy atom. The van der Waals surface area contributed by atoms with Crippen LogP contribution in [-0.4, -0.2) is 65.1 Å². The van der Waals surface area contributed by atoms with E-state index in [9.17, 15) is 18.0 Å². The average Bonchev–Trinajstić information content (AvgIpc) is 2.86. The van der Waals surface area contributed by atoms with Gasteiger partial charge in [-0.1, -0.05) is 36.4 Å². The third kappa shape index (κ3) is 8.63. The monoisotopic (exact) mass is 535 g/mol. The predicted octanol–water partition coefficient (Wildman–Crippen LogP) is -1.24. The summed E-state index contributed by atoms with van der Waals surface area (Å²) in [6, 6.07) is 10.1. The van der Waals surface area contributed by atoms with Gasteiger partial charge in [0.05, 0.1) is 20.3 Å². The zero-order valence-electron chi connectivity index (χ0n) is 20.6. The van der Waals surface area contributed by atoms with Gasteiger partial charge in [-0.15, -0.1) is 0 Å². The number of hydrogen-bond acceptors (Lipinski definition) is 8. The van der Waals surface area contributed by atoms with E-state index in [0.29, 0.717) is 0 Å². The number of para-hydroxylation sites is 1. The lowest BCUT2D eigenvalue weighted by Crippen LogP contribution is -2.54. The van der Waals surface area contributed by atoms with Gasteiger partial charge in [-0.05, 0) is 24.1 Å². The fraction of sp³-hybridized carbons (Fsp3) is 0.348. The van der Waals surface area contributed by atoms with E-state index < -0.39 is 45.9 Å². The fourth-order valence-electron chi connectivity index (χ4n) is 3.52. The van der Waals surface area contributed by atoms with Crippen molar-refractivity contribution >= 4 is 27.8 Å². The molecule has 3 atom stereocenters. The quantitative estimate of drug-likeness (QED) is 0.113. The SMILES string of the molecule is COc1cccc(S(=O)(=O)NC(CNC(=N)N)C[C@H](N)C(=O)N[C@@H](Cc2ccccc2)C(N)=O)c1OC. The van der Waals surface area contributed by atoms with Crippen LogP contribution in [0.25, 0.3) is 0 Å². The lowest BCUT2D eigenvalue weighted by atomic mass is 10.0. The summed E-state index contributed by atoms with van der Waals surface area (Å²) in [4.78, 5) is 24.5. The van der Waals surface area contributed by atoms with Crippen molar-refractivity contribution in [2.75, 3.05) is 20.8 Å². The molecule has 2 aromatic carbocycles. The second-order valence-corrected chi connectivity index (χ2v) is 9.78. The number of carbonyl (C=O) groups excluding carboxylic acids is 2. The number of nitrogens with one attached hydrogen (secondary N) is 4. The molecule has 0 bridgehead atoms. The summed E-state index contributed by atoms with van der Waals surface area (Å²) >= 11 is 0. The molecule has 0 heterocycles. The Morgan fingerprint density at radius 3 is 2.27 bits per heavy atom. The lowest BCUT2D eigenvalue weighted by Gasteiger charge is -2.24. The van der Waals surface area contributed by atoms with Crippen molar-refractivity contribution in [3.8, 4) is 11.5 Å². The number of guanidine groups is 1. The van der Waals surface area contributed by atoms with Crippen LogP contribution in [0, 0.1) is 5.41 Å². The number of carbonyl (C=O) groups is 2. The van der Waals surface area contributed by atoms with E-state index in [-0.39, 0.29) is 35.8 Å². The Morgan fingerprint density at radius 1 is 1.03 bits per heavy atom. The van der Waals surface area contributed by atoms with Gasteiger partial charge in [-0.25, -0.2) is 13.1 Å². The first-order chi connectivity index (χ1) is 17.5. The molecule has 202 valence electrons. The summed E-state index contributed by atoms with van der Waals surface area (Å²) in [5, 5.41) is 12.5. The Labute approximate surface area is 215 Å². The number of primary amides is 1. The van der Waals surface area contributed by atoms with Crippen molar-refractivity contribution in [2.45, 2.75) is 35.9 Å². The number of amides is 2. The molecule has 0 saturated carbocycles. The molecule has 2 rings (SSSR count). The number of nitrogens with two attached hydrogens (primary N) is 3. The highest BCUT2D eigenvalue weighted by Gasteiger charge is 2.29. The molecule has 2 aromatic rings. The molecule has 0 aromatic heterocycles. The van der Waals surface area contributed by atoms with Crippen molar-refractivity contribution in [3.63, 3.8) is 0 Å². The third-order valence-corrected chi connectivity index (χ3v) is 6.88. The molecule has 0 fully saturated rings. The van der Waals surface area contributed by atoms with Gasteiger partial charge in [0.15, 0.2) is 17.5 Å². The van der Waals surface area contributed by atoms with E-state index in [1.807, 2.05) is 6.07 Å². The van der Waals surface area contributed by atoms with Gasteiger partial charge in [0.2, 0.25) is 21.8 Å². The number of hydrogen-bond donors (Lipinski definition) is 7. The van der Waals surface area contributed by atoms with Gasteiger partial charge < -0.3 is 37.3 Å². The first-order valence-electron chi connectivity index (χ1n) is 11.2. The third-order valence-electron chi connectivity index (χ3n) is 5.33. The van der Waals surface area contributed by atoms with Crippen LogP contribution in [0.3, 0.4) is 0 Å². The summed E-state index contributed by atoms with van der Waals surface area (Å²) in [5.74, 6) is -1.66. The topological polar surface area (TPSA) is 225 Å². The molecule has 10 N–H and O–H groups in total. The maximum absolute atomic E-state index is 13.2. The lowest BCUT2D eigenvalue weighted by molar-refractivity contribution is -0.128. The highest BCUT2D eigenvalue weighted by Crippen LogP contribution is 2.33. The van der Waals surface area contributed by atoms with E-state index in [1.165, 1.54) is 32.4 Å². The molecule has 0 aliphatic carbocycles. The van der Waals surface area contributed by atoms with Crippen molar-refractivity contribution < 1.29 is 27.5 Å². The van der Waals surface area contributed by atoms with E-state index in [2.05, 4.69) is 15.4 Å². The van der Waals surface area contributed by atoms with E-state index >= 15 is 0 Å². The second-order valence-electron chi connectivity index (χ2n) is 8.10. The molecule has 0 aliphatic rings. The van der Waals surface area contributed by atoms with Gasteiger partial charge in [0.25, 0.3) is 0 Å². The summed E-state index contributed by atoms with van der Waals surface area (Å²) in [7, 11) is -1.53. The minimum Gasteiger partial charge on any atom is -0.493 e. The van der Waals surface area contributed by atoms with Crippen LogP contribution in [0.5, 0.6) is 11.5 Å². The highest BCUT2D eigenvalue weighted by molar-refractivity contribution is 7.89. The molecule has 0 radical (unpaired) electrons. The van der Waals surface area contributed by atoms with Gasteiger partial charge in [0.1, 0.15) is 10.9 Å². The zero-order valence-corrected chi connectivity index (χ0v) is 21.4. The maximum Gasteiger partial charge on any atom is 0.244 e. The molecular formula is C23H33N7O6S. The normalized spacial score (nSPS) is 13.6. The maximum atomic E-state index is 13.2. The first kappa shape index (κ1) is 29.4. The Bertz CT molecular complexity index is 1190. The van der Waals surface area contributed by atoms with E-state index in [4.69, 9.17) is 32.1 Å². The molecule has 0 aliphatic heterocycles. The van der Waals surface area contributed by atoms with Crippen LogP contribution in [0.2, 0.25) is 0 Å². The number of benzene rings is 2. The van der Waals surface area contributed by atoms with Crippen LogP contribution >= 0.6 is 0 Å². The molecule has 14 heteroatoms. The van der Waals surface area contributed by atoms with E-state index in [1.54, 1.807) is 24.3 Å². The van der Waals surface area contributed by atoms with Crippen LogP contribution in [-0.2, 0) is 26.0 Å². The fourth-order valence-corrected chi connectivity index (χ4v) is 4.95.